The highest BCUT2D eigenvalue weighted by atomic mass is 16.5. The van der Waals surface area contributed by atoms with Crippen LogP contribution < -0.4 is 10.1 Å². The molecule has 1 N–H and O–H groups in total. The summed E-state index contributed by atoms with van der Waals surface area (Å²) in [5.74, 6) is 0.447. The molecule has 2 aromatic rings. The van der Waals surface area contributed by atoms with Crippen molar-refractivity contribution in [3.05, 3.63) is 70.9 Å². The predicted octanol–water partition coefficient (Wildman–Crippen LogP) is 3.88. The van der Waals surface area contributed by atoms with E-state index in [1.54, 1.807) is 6.08 Å². The Kier molecular flexibility index (Phi) is 5.07. The molecule has 5 heteroatoms. The number of nitrogens with zero attached hydrogens (tertiary/aromatic N) is 1. The van der Waals surface area contributed by atoms with E-state index in [0.717, 1.165) is 22.4 Å². The molecule has 0 spiro atoms. The first-order valence-electron chi connectivity index (χ1n) is 8.59. The number of benzene rings is 2. The summed E-state index contributed by atoms with van der Waals surface area (Å²) in [4.78, 5) is 25.9. The third-order valence-electron chi connectivity index (χ3n) is 3.99. The second-order valence-electron chi connectivity index (χ2n) is 6.60. The molecule has 0 aromatic heterocycles. The van der Waals surface area contributed by atoms with Crippen molar-refractivity contribution in [2.24, 2.45) is 0 Å². The smallest absolute Gasteiger partial charge is 0.329 e. The minimum absolute atomic E-state index is 0.102. The summed E-state index contributed by atoms with van der Waals surface area (Å²) in [5, 5.41) is 2.65. The molecule has 0 atom stereocenters. The zero-order valence-corrected chi connectivity index (χ0v) is 15.2. The molecule has 1 heterocycles. The second kappa shape index (κ2) is 7.44. The molecule has 0 aliphatic carbocycles. The minimum atomic E-state index is -0.401. The summed E-state index contributed by atoms with van der Waals surface area (Å²) in [5.41, 5.74) is 3.15. The summed E-state index contributed by atoms with van der Waals surface area (Å²) in [6.07, 6.45) is 1.78. The summed E-state index contributed by atoms with van der Waals surface area (Å²) in [6, 6.07) is 14.8. The lowest BCUT2D eigenvalue weighted by molar-refractivity contribution is -0.123. The van der Waals surface area contributed by atoms with Crippen molar-refractivity contribution in [1.29, 1.82) is 0 Å². The van der Waals surface area contributed by atoms with Crippen molar-refractivity contribution >= 4 is 18.0 Å². The fourth-order valence-corrected chi connectivity index (χ4v) is 2.67. The van der Waals surface area contributed by atoms with Crippen molar-refractivity contribution in [1.82, 2.24) is 10.2 Å². The number of amides is 3. The van der Waals surface area contributed by atoms with Crippen LogP contribution in [0.3, 0.4) is 0 Å². The van der Waals surface area contributed by atoms with Crippen LogP contribution in [0.25, 0.3) is 6.08 Å². The summed E-state index contributed by atoms with van der Waals surface area (Å²) < 4.78 is 5.60. The SMILES string of the molecule is Cc1ccc(CN2C(=O)NC(=Cc3ccc(OC(C)C)cc3)C2=O)cc1. The normalized spacial score (nSPS) is 15.7. The van der Waals surface area contributed by atoms with E-state index in [1.165, 1.54) is 4.90 Å². The Hall–Kier alpha value is -3.08. The largest absolute Gasteiger partial charge is 0.491 e. The van der Waals surface area contributed by atoms with Gasteiger partial charge in [0.15, 0.2) is 0 Å². The molecule has 1 fully saturated rings. The van der Waals surface area contributed by atoms with Gasteiger partial charge in [0.25, 0.3) is 5.91 Å². The van der Waals surface area contributed by atoms with E-state index >= 15 is 0 Å². The molecule has 0 saturated carbocycles. The number of aryl methyl sites for hydroxylation is 1. The van der Waals surface area contributed by atoms with Crippen LogP contribution in [0.5, 0.6) is 5.75 Å². The van der Waals surface area contributed by atoms with E-state index in [2.05, 4.69) is 5.32 Å². The van der Waals surface area contributed by atoms with Gasteiger partial charge in [-0.25, -0.2) is 4.79 Å². The lowest BCUT2D eigenvalue weighted by atomic mass is 10.1. The van der Waals surface area contributed by atoms with Crippen LogP contribution in [-0.2, 0) is 11.3 Å². The van der Waals surface area contributed by atoms with E-state index in [0.29, 0.717) is 0 Å². The van der Waals surface area contributed by atoms with Crippen molar-refractivity contribution in [3.8, 4) is 5.75 Å². The van der Waals surface area contributed by atoms with Gasteiger partial charge in [-0.05, 0) is 50.1 Å². The predicted molar refractivity (Wildman–Crippen MR) is 100 cm³/mol. The van der Waals surface area contributed by atoms with Gasteiger partial charge in [-0.1, -0.05) is 42.0 Å². The highest BCUT2D eigenvalue weighted by Gasteiger charge is 2.33. The molecule has 134 valence electrons. The quantitative estimate of drug-likeness (QED) is 0.658. The van der Waals surface area contributed by atoms with Crippen LogP contribution >= 0.6 is 0 Å². The Bertz CT molecular complexity index is 837. The van der Waals surface area contributed by atoms with E-state index in [1.807, 2.05) is 69.3 Å². The van der Waals surface area contributed by atoms with E-state index < -0.39 is 6.03 Å². The number of hydrogen-bond acceptors (Lipinski definition) is 3. The molecule has 1 aliphatic rings. The van der Waals surface area contributed by atoms with E-state index in [4.69, 9.17) is 4.74 Å². The van der Waals surface area contributed by atoms with E-state index in [-0.39, 0.29) is 24.3 Å². The molecule has 3 amide bonds. The molecular formula is C21H22N2O3. The highest BCUT2D eigenvalue weighted by molar-refractivity contribution is 6.13. The average Bonchev–Trinajstić information content (AvgIpc) is 2.85. The lowest BCUT2D eigenvalue weighted by Gasteiger charge is -2.11. The molecule has 2 aromatic carbocycles. The zero-order valence-electron chi connectivity index (χ0n) is 15.2. The van der Waals surface area contributed by atoms with Crippen molar-refractivity contribution < 1.29 is 14.3 Å². The summed E-state index contributed by atoms with van der Waals surface area (Å²) in [7, 11) is 0. The number of rotatable bonds is 5. The maximum Gasteiger partial charge on any atom is 0.329 e. The number of ether oxygens (including phenoxy) is 1. The molecular weight excluding hydrogens is 328 g/mol. The van der Waals surface area contributed by atoms with Gasteiger partial charge in [0.2, 0.25) is 0 Å². The third kappa shape index (κ3) is 4.11. The number of nitrogens with one attached hydrogen (secondary N) is 1. The maximum absolute atomic E-state index is 12.6. The number of carbonyl (C=O) groups excluding carboxylic acids is 2. The van der Waals surface area contributed by atoms with Gasteiger partial charge >= 0.3 is 6.03 Å². The van der Waals surface area contributed by atoms with Crippen LogP contribution in [0, 0.1) is 6.92 Å². The fourth-order valence-electron chi connectivity index (χ4n) is 2.67. The van der Waals surface area contributed by atoms with Crippen molar-refractivity contribution in [2.45, 2.75) is 33.4 Å². The lowest BCUT2D eigenvalue weighted by Crippen LogP contribution is -2.30. The van der Waals surface area contributed by atoms with Crippen LogP contribution in [0.15, 0.2) is 54.2 Å². The highest BCUT2D eigenvalue weighted by Crippen LogP contribution is 2.19. The molecule has 26 heavy (non-hydrogen) atoms. The maximum atomic E-state index is 12.6. The van der Waals surface area contributed by atoms with Gasteiger partial charge in [0, 0.05) is 0 Å². The summed E-state index contributed by atoms with van der Waals surface area (Å²) >= 11 is 0. The first kappa shape index (κ1) is 17.7. The second-order valence-corrected chi connectivity index (χ2v) is 6.60. The van der Waals surface area contributed by atoms with E-state index in [9.17, 15) is 9.59 Å². The third-order valence-corrected chi connectivity index (χ3v) is 3.99. The van der Waals surface area contributed by atoms with Gasteiger partial charge in [-0.3, -0.25) is 9.69 Å². The number of carbonyl (C=O) groups is 2. The summed E-state index contributed by atoms with van der Waals surface area (Å²) in [6.45, 7) is 6.18. The number of urea groups is 1. The Morgan fingerprint density at radius 1 is 1.04 bits per heavy atom. The van der Waals surface area contributed by atoms with Crippen LogP contribution in [-0.4, -0.2) is 22.9 Å². The van der Waals surface area contributed by atoms with Crippen LogP contribution in [0.2, 0.25) is 0 Å². The molecule has 0 unspecified atom stereocenters. The number of hydrogen-bond donors (Lipinski definition) is 1. The van der Waals surface area contributed by atoms with Crippen molar-refractivity contribution in [3.63, 3.8) is 0 Å². The Balaban J connectivity index is 1.73. The molecule has 1 saturated heterocycles. The van der Waals surface area contributed by atoms with Gasteiger partial charge in [0.1, 0.15) is 11.4 Å². The minimum Gasteiger partial charge on any atom is -0.491 e. The Labute approximate surface area is 153 Å². The molecule has 1 aliphatic heterocycles. The first-order valence-corrected chi connectivity index (χ1v) is 8.59. The first-order chi connectivity index (χ1) is 12.4. The van der Waals surface area contributed by atoms with Crippen molar-refractivity contribution in [2.75, 3.05) is 0 Å². The molecule has 5 nitrogen and oxygen atoms in total. The van der Waals surface area contributed by atoms with Crippen LogP contribution in [0.1, 0.15) is 30.5 Å². The zero-order chi connectivity index (χ0) is 18.7. The standard InChI is InChI=1S/C21H22N2O3/c1-14(2)26-18-10-8-16(9-11-18)12-19-20(24)23(21(25)22-19)13-17-6-4-15(3)5-7-17/h4-12,14H,13H2,1-3H3,(H,22,25). The topological polar surface area (TPSA) is 58.6 Å². The number of imide groups is 1. The van der Waals surface area contributed by atoms with Gasteiger partial charge in [-0.2, -0.15) is 0 Å². The molecule has 0 radical (unpaired) electrons. The average molecular weight is 350 g/mol. The van der Waals surface area contributed by atoms with Crippen LogP contribution in [0.4, 0.5) is 4.79 Å². The molecule has 3 rings (SSSR count). The van der Waals surface area contributed by atoms with Gasteiger partial charge in [0.05, 0.1) is 12.6 Å². The fraction of sp³-hybridized carbons (Fsp3) is 0.238. The monoisotopic (exact) mass is 350 g/mol. The van der Waals surface area contributed by atoms with Gasteiger partial charge in [-0.15, -0.1) is 0 Å². The molecule has 0 bridgehead atoms. The Morgan fingerprint density at radius 3 is 2.31 bits per heavy atom. The Morgan fingerprint density at radius 2 is 1.69 bits per heavy atom. The van der Waals surface area contributed by atoms with Gasteiger partial charge < -0.3 is 10.1 Å².